The summed E-state index contributed by atoms with van der Waals surface area (Å²) >= 11 is 0. The smallest absolute Gasteiger partial charge is 0.226 e. The van der Waals surface area contributed by atoms with Crippen molar-refractivity contribution in [3.05, 3.63) is 29.3 Å². The molecular weight excluding hydrogens is 240 g/mol. The molecule has 0 unspecified atom stereocenters. The minimum absolute atomic E-state index is 0.0476. The van der Waals surface area contributed by atoms with E-state index in [-0.39, 0.29) is 5.91 Å². The first-order chi connectivity index (χ1) is 9.17. The first-order valence-electron chi connectivity index (χ1n) is 6.34. The van der Waals surface area contributed by atoms with Crippen LogP contribution in [0.3, 0.4) is 0 Å². The maximum Gasteiger partial charge on any atom is 0.226 e. The molecule has 0 saturated heterocycles. The largest absolute Gasteiger partial charge is 0.381 e. The Balaban J connectivity index is 2.60. The van der Waals surface area contributed by atoms with Crippen molar-refractivity contribution in [2.75, 3.05) is 25.1 Å². The summed E-state index contributed by atoms with van der Waals surface area (Å²) in [5.41, 5.74) is 8.06. The normalized spacial score (nSPS) is 9.63. The van der Waals surface area contributed by atoms with Gasteiger partial charge in [0.05, 0.1) is 19.6 Å². The molecule has 0 spiro atoms. The van der Waals surface area contributed by atoms with Gasteiger partial charge in [-0.3, -0.25) is 4.79 Å². The van der Waals surface area contributed by atoms with Gasteiger partial charge in [-0.15, -0.1) is 0 Å². The third kappa shape index (κ3) is 5.56. The third-order valence-corrected chi connectivity index (χ3v) is 2.51. The molecule has 0 aliphatic rings. The molecule has 3 N–H and O–H groups in total. The van der Waals surface area contributed by atoms with E-state index in [9.17, 15) is 4.79 Å². The van der Waals surface area contributed by atoms with Crippen LogP contribution in [0.4, 0.5) is 5.69 Å². The van der Waals surface area contributed by atoms with Gasteiger partial charge < -0.3 is 15.8 Å². The average Bonchev–Trinajstić information content (AvgIpc) is 2.38. The Bertz CT molecular complexity index is 487. The summed E-state index contributed by atoms with van der Waals surface area (Å²) in [5, 5.41) is 2.83. The van der Waals surface area contributed by atoms with Crippen LogP contribution in [0.25, 0.3) is 0 Å². The number of hydrogen-bond acceptors (Lipinski definition) is 3. The monoisotopic (exact) mass is 260 g/mol. The number of aryl methyl sites for hydroxylation is 1. The van der Waals surface area contributed by atoms with Gasteiger partial charge in [0.1, 0.15) is 0 Å². The average molecular weight is 260 g/mol. The summed E-state index contributed by atoms with van der Waals surface area (Å²) in [5.74, 6) is 5.75. The summed E-state index contributed by atoms with van der Waals surface area (Å²) in [6.07, 6.45) is 0.363. The second kappa shape index (κ2) is 8.30. The number of anilines is 1. The number of nitrogens with one attached hydrogen (secondary N) is 1. The predicted octanol–water partition coefficient (Wildman–Crippen LogP) is 1.67. The fourth-order valence-electron chi connectivity index (χ4n) is 1.56. The molecular formula is C15H20N2O2. The van der Waals surface area contributed by atoms with Crippen LogP contribution in [-0.4, -0.2) is 25.7 Å². The van der Waals surface area contributed by atoms with Gasteiger partial charge in [-0.25, -0.2) is 0 Å². The van der Waals surface area contributed by atoms with Crippen molar-refractivity contribution in [3.8, 4) is 11.8 Å². The number of rotatable bonds is 5. The topological polar surface area (TPSA) is 64.3 Å². The van der Waals surface area contributed by atoms with Gasteiger partial charge in [-0.1, -0.05) is 11.8 Å². The minimum atomic E-state index is -0.0476. The van der Waals surface area contributed by atoms with Crippen molar-refractivity contribution < 1.29 is 9.53 Å². The zero-order chi connectivity index (χ0) is 14.1. The van der Waals surface area contributed by atoms with Gasteiger partial charge in [-0.2, -0.15) is 0 Å². The lowest BCUT2D eigenvalue weighted by molar-refractivity contribution is -0.117. The Kier molecular flexibility index (Phi) is 6.65. The lowest BCUT2D eigenvalue weighted by Crippen LogP contribution is -2.14. The van der Waals surface area contributed by atoms with Crippen LogP contribution in [0.1, 0.15) is 24.5 Å². The lowest BCUT2D eigenvalue weighted by Gasteiger charge is -2.07. The number of ether oxygens (including phenoxy) is 1. The minimum Gasteiger partial charge on any atom is -0.381 e. The summed E-state index contributed by atoms with van der Waals surface area (Å²) in [6.45, 7) is 5.27. The van der Waals surface area contributed by atoms with E-state index in [1.54, 1.807) is 0 Å². The number of nitrogens with two attached hydrogens (primary N) is 1. The second-order valence-corrected chi connectivity index (χ2v) is 4.03. The molecule has 4 heteroatoms. The van der Waals surface area contributed by atoms with Crippen molar-refractivity contribution in [3.63, 3.8) is 0 Å². The predicted molar refractivity (Wildman–Crippen MR) is 76.9 cm³/mol. The lowest BCUT2D eigenvalue weighted by atomic mass is 10.1. The van der Waals surface area contributed by atoms with E-state index in [1.807, 2.05) is 32.0 Å². The molecule has 1 amide bonds. The molecule has 0 fully saturated rings. The molecule has 1 aromatic carbocycles. The highest BCUT2D eigenvalue weighted by Gasteiger charge is 2.03. The molecule has 0 aliphatic heterocycles. The van der Waals surface area contributed by atoms with Crippen molar-refractivity contribution in [1.29, 1.82) is 0 Å². The van der Waals surface area contributed by atoms with E-state index in [0.717, 1.165) is 16.8 Å². The third-order valence-electron chi connectivity index (χ3n) is 2.51. The van der Waals surface area contributed by atoms with Crippen molar-refractivity contribution >= 4 is 11.6 Å². The Morgan fingerprint density at radius 3 is 2.89 bits per heavy atom. The quantitative estimate of drug-likeness (QED) is 0.625. The van der Waals surface area contributed by atoms with Crippen LogP contribution in [0, 0.1) is 18.8 Å². The Morgan fingerprint density at radius 1 is 1.47 bits per heavy atom. The van der Waals surface area contributed by atoms with Gasteiger partial charge in [-0.05, 0) is 37.6 Å². The van der Waals surface area contributed by atoms with Crippen LogP contribution < -0.4 is 11.1 Å². The Hall–Kier alpha value is -1.83. The molecule has 0 saturated carbocycles. The van der Waals surface area contributed by atoms with Crippen LogP contribution in [0.5, 0.6) is 0 Å². The number of amides is 1. The Labute approximate surface area is 114 Å². The van der Waals surface area contributed by atoms with E-state index >= 15 is 0 Å². The highest BCUT2D eigenvalue weighted by atomic mass is 16.5. The molecule has 0 heterocycles. The summed E-state index contributed by atoms with van der Waals surface area (Å²) in [6, 6.07) is 5.63. The summed E-state index contributed by atoms with van der Waals surface area (Å²) in [4.78, 5) is 11.6. The van der Waals surface area contributed by atoms with Crippen molar-refractivity contribution in [2.45, 2.75) is 20.3 Å². The molecule has 0 aromatic heterocycles. The first kappa shape index (κ1) is 15.2. The maximum absolute atomic E-state index is 11.6. The number of hydrogen-bond donors (Lipinski definition) is 2. The van der Waals surface area contributed by atoms with E-state index in [0.29, 0.717) is 26.2 Å². The molecule has 1 rings (SSSR count). The number of carbonyl (C=O) groups excluding carboxylic acids is 1. The fourth-order valence-corrected chi connectivity index (χ4v) is 1.56. The van der Waals surface area contributed by atoms with Crippen LogP contribution in [-0.2, 0) is 9.53 Å². The molecule has 0 atom stereocenters. The van der Waals surface area contributed by atoms with E-state index < -0.39 is 0 Å². The molecule has 0 aliphatic carbocycles. The molecule has 1 aromatic rings. The SMILES string of the molecule is CCOCCC(=O)Nc1ccc(C#CCN)c(C)c1. The van der Waals surface area contributed by atoms with E-state index in [4.69, 9.17) is 10.5 Å². The van der Waals surface area contributed by atoms with E-state index in [1.165, 1.54) is 0 Å². The van der Waals surface area contributed by atoms with Gasteiger partial charge in [0.2, 0.25) is 5.91 Å². The molecule has 0 radical (unpaired) electrons. The summed E-state index contributed by atoms with van der Waals surface area (Å²) < 4.78 is 5.14. The molecule has 0 bridgehead atoms. The van der Waals surface area contributed by atoms with Crippen LogP contribution >= 0.6 is 0 Å². The zero-order valence-electron chi connectivity index (χ0n) is 11.5. The summed E-state index contributed by atoms with van der Waals surface area (Å²) in [7, 11) is 0. The fraction of sp³-hybridized carbons (Fsp3) is 0.400. The highest BCUT2D eigenvalue weighted by Crippen LogP contribution is 2.14. The Morgan fingerprint density at radius 2 is 2.26 bits per heavy atom. The molecule has 4 nitrogen and oxygen atoms in total. The van der Waals surface area contributed by atoms with Crippen LogP contribution in [0.15, 0.2) is 18.2 Å². The maximum atomic E-state index is 11.6. The molecule has 19 heavy (non-hydrogen) atoms. The van der Waals surface area contributed by atoms with E-state index in [2.05, 4.69) is 17.2 Å². The van der Waals surface area contributed by atoms with Crippen molar-refractivity contribution in [2.24, 2.45) is 5.73 Å². The first-order valence-corrected chi connectivity index (χ1v) is 6.34. The van der Waals surface area contributed by atoms with Gasteiger partial charge in [0.25, 0.3) is 0 Å². The number of benzene rings is 1. The van der Waals surface area contributed by atoms with Gasteiger partial charge >= 0.3 is 0 Å². The number of carbonyl (C=O) groups is 1. The van der Waals surface area contributed by atoms with Crippen molar-refractivity contribution in [1.82, 2.24) is 0 Å². The standard InChI is InChI=1S/C15H20N2O2/c1-3-19-10-8-15(18)17-14-7-6-13(5-4-9-16)12(2)11-14/h6-7,11H,3,8-10,16H2,1-2H3,(H,17,18). The molecule has 102 valence electrons. The van der Waals surface area contributed by atoms with Gasteiger partial charge in [0, 0.05) is 17.9 Å². The zero-order valence-corrected chi connectivity index (χ0v) is 11.5. The van der Waals surface area contributed by atoms with Gasteiger partial charge in [0.15, 0.2) is 0 Å². The van der Waals surface area contributed by atoms with Crippen LogP contribution in [0.2, 0.25) is 0 Å². The highest BCUT2D eigenvalue weighted by molar-refractivity contribution is 5.90. The second-order valence-electron chi connectivity index (χ2n) is 4.03.